The molecule has 0 unspecified atom stereocenters. The van der Waals surface area contributed by atoms with Gasteiger partial charge in [0.25, 0.3) is 0 Å². The summed E-state index contributed by atoms with van der Waals surface area (Å²) in [5.74, 6) is -2.79. The molecule has 0 saturated carbocycles. The highest BCUT2D eigenvalue weighted by Crippen LogP contribution is 2.36. The lowest BCUT2D eigenvalue weighted by Crippen LogP contribution is -2.39. The molecule has 2 N–H and O–H groups in total. The van der Waals surface area contributed by atoms with Gasteiger partial charge in [-0.1, -0.05) is 0 Å². The number of rotatable bonds is 7. The monoisotopic (exact) mass is 485 g/mol. The molecular weight excluding hydrogens is 459 g/mol. The third-order valence-electron chi connectivity index (χ3n) is 5.79. The van der Waals surface area contributed by atoms with Crippen molar-refractivity contribution in [2.45, 2.75) is 13.5 Å². The smallest absolute Gasteiger partial charge is 0.234 e. The molecule has 2 aromatic rings. The van der Waals surface area contributed by atoms with E-state index in [1.54, 1.807) is 11.8 Å². The number of benzene rings is 1. The van der Waals surface area contributed by atoms with Gasteiger partial charge in [-0.15, -0.1) is 0 Å². The van der Waals surface area contributed by atoms with Gasteiger partial charge in [-0.2, -0.15) is 0 Å². The fourth-order valence-electron chi connectivity index (χ4n) is 3.97. The Morgan fingerprint density at radius 2 is 1.85 bits per heavy atom. The van der Waals surface area contributed by atoms with E-state index in [0.29, 0.717) is 74.8 Å². The predicted octanol–water partition coefficient (Wildman–Crippen LogP) is 2.31. The number of hydrogen-bond donors (Lipinski definition) is 2. The SMILES string of the molecule is Cc1c(NS(=O)(=O)CCN2CCOCC2)cnc2c1N(Cc1cc(F)c(F)cc1F)CCN2. The lowest BCUT2D eigenvalue weighted by molar-refractivity contribution is 0.0408. The first kappa shape index (κ1) is 23.6. The number of halogens is 3. The molecule has 2 aliphatic heterocycles. The Hall–Kier alpha value is -2.57. The summed E-state index contributed by atoms with van der Waals surface area (Å²) in [5.41, 5.74) is 1.50. The van der Waals surface area contributed by atoms with Crippen molar-refractivity contribution in [2.24, 2.45) is 0 Å². The molecule has 1 aromatic carbocycles. The molecule has 0 bridgehead atoms. The van der Waals surface area contributed by atoms with Gasteiger partial charge in [0.05, 0.1) is 36.5 Å². The summed E-state index contributed by atoms with van der Waals surface area (Å²) in [7, 11) is -3.64. The van der Waals surface area contributed by atoms with E-state index in [1.807, 2.05) is 4.90 Å². The van der Waals surface area contributed by atoms with Crippen molar-refractivity contribution in [3.05, 3.63) is 46.9 Å². The Morgan fingerprint density at radius 1 is 1.12 bits per heavy atom. The van der Waals surface area contributed by atoms with Crippen molar-refractivity contribution >= 4 is 27.2 Å². The Labute approximate surface area is 190 Å². The van der Waals surface area contributed by atoms with Gasteiger partial charge in [0.1, 0.15) is 11.6 Å². The summed E-state index contributed by atoms with van der Waals surface area (Å²) in [6.45, 7) is 5.61. The largest absolute Gasteiger partial charge is 0.379 e. The first-order valence-electron chi connectivity index (χ1n) is 10.7. The molecule has 0 atom stereocenters. The zero-order chi connectivity index (χ0) is 23.6. The molecule has 33 heavy (non-hydrogen) atoms. The number of morpholine rings is 1. The van der Waals surface area contributed by atoms with E-state index in [0.717, 1.165) is 6.07 Å². The van der Waals surface area contributed by atoms with E-state index >= 15 is 0 Å². The highest BCUT2D eigenvalue weighted by Gasteiger charge is 2.25. The van der Waals surface area contributed by atoms with Gasteiger partial charge >= 0.3 is 0 Å². The number of pyridine rings is 1. The van der Waals surface area contributed by atoms with Crippen LogP contribution in [-0.4, -0.2) is 70.0 Å². The summed E-state index contributed by atoms with van der Waals surface area (Å²) in [6, 6.07) is 1.37. The lowest BCUT2D eigenvalue weighted by Gasteiger charge is -2.33. The average Bonchev–Trinajstić information content (AvgIpc) is 2.79. The van der Waals surface area contributed by atoms with E-state index in [9.17, 15) is 21.6 Å². The molecule has 2 aliphatic rings. The van der Waals surface area contributed by atoms with Crippen molar-refractivity contribution in [2.75, 3.05) is 66.6 Å². The van der Waals surface area contributed by atoms with Crippen LogP contribution in [0.1, 0.15) is 11.1 Å². The maximum absolute atomic E-state index is 14.2. The van der Waals surface area contributed by atoms with E-state index in [4.69, 9.17) is 4.74 Å². The summed E-state index contributed by atoms with van der Waals surface area (Å²) in [4.78, 5) is 8.13. The van der Waals surface area contributed by atoms with Crippen molar-refractivity contribution < 1.29 is 26.3 Å². The Bertz CT molecular complexity index is 1130. The van der Waals surface area contributed by atoms with Crippen LogP contribution in [0.2, 0.25) is 0 Å². The second-order valence-electron chi connectivity index (χ2n) is 8.08. The van der Waals surface area contributed by atoms with Crippen LogP contribution in [0.25, 0.3) is 0 Å². The summed E-state index contributed by atoms with van der Waals surface area (Å²) < 4.78 is 74.5. The van der Waals surface area contributed by atoms with Crippen LogP contribution in [0, 0.1) is 24.4 Å². The topological polar surface area (TPSA) is 86.8 Å². The number of hydrogen-bond acceptors (Lipinski definition) is 7. The molecule has 8 nitrogen and oxygen atoms in total. The van der Waals surface area contributed by atoms with Gasteiger partial charge in [-0.05, 0) is 13.0 Å². The van der Waals surface area contributed by atoms with Crippen LogP contribution in [-0.2, 0) is 21.3 Å². The summed E-state index contributed by atoms with van der Waals surface area (Å²) >= 11 is 0. The van der Waals surface area contributed by atoms with Gasteiger partial charge < -0.3 is 15.0 Å². The van der Waals surface area contributed by atoms with Gasteiger partial charge in [-0.25, -0.2) is 26.6 Å². The molecule has 1 fully saturated rings. The molecule has 12 heteroatoms. The van der Waals surface area contributed by atoms with Crippen LogP contribution in [0.4, 0.5) is 30.4 Å². The standard InChI is InChI=1S/C21H26F3N5O3S/c1-14-19(27-33(30,31)9-6-28-4-7-32-8-5-28)12-26-21-20(14)29(3-2-25-21)13-15-10-17(23)18(24)11-16(15)22/h10-12,27H,2-9,13H2,1H3,(H,25,26). The normalized spacial score (nSPS) is 16.9. The van der Waals surface area contributed by atoms with Crippen molar-refractivity contribution in [1.29, 1.82) is 0 Å². The molecule has 1 saturated heterocycles. The number of ether oxygens (including phenoxy) is 1. The van der Waals surface area contributed by atoms with E-state index in [-0.39, 0.29) is 17.9 Å². The second-order valence-corrected chi connectivity index (χ2v) is 9.92. The van der Waals surface area contributed by atoms with E-state index < -0.39 is 27.5 Å². The van der Waals surface area contributed by atoms with Crippen molar-refractivity contribution in [3.8, 4) is 0 Å². The maximum Gasteiger partial charge on any atom is 0.234 e. The van der Waals surface area contributed by atoms with Gasteiger partial charge in [0.15, 0.2) is 11.6 Å². The van der Waals surface area contributed by atoms with Crippen molar-refractivity contribution in [1.82, 2.24) is 9.88 Å². The second kappa shape index (κ2) is 9.74. The lowest BCUT2D eigenvalue weighted by atomic mass is 10.1. The molecule has 0 radical (unpaired) electrons. The molecule has 0 amide bonds. The van der Waals surface area contributed by atoms with Crippen LogP contribution in [0.5, 0.6) is 0 Å². The molecule has 180 valence electrons. The van der Waals surface area contributed by atoms with Crippen LogP contribution < -0.4 is 14.9 Å². The van der Waals surface area contributed by atoms with Crippen LogP contribution in [0.3, 0.4) is 0 Å². The quantitative estimate of drug-likeness (QED) is 0.582. The third kappa shape index (κ3) is 5.50. The average molecular weight is 486 g/mol. The minimum absolute atomic E-state index is 0.00218. The van der Waals surface area contributed by atoms with Gasteiger partial charge in [-0.3, -0.25) is 9.62 Å². The third-order valence-corrected chi connectivity index (χ3v) is 7.04. The maximum atomic E-state index is 14.2. The number of aromatic nitrogens is 1. The number of nitrogens with one attached hydrogen (secondary N) is 2. The predicted molar refractivity (Wildman–Crippen MR) is 119 cm³/mol. The van der Waals surface area contributed by atoms with Crippen LogP contribution >= 0.6 is 0 Å². The zero-order valence-electron chi connectivity index (χ0n) is 18.2. The molecule has 4 rings (SSSR count). The van der Waals surface area contributed by atoms with Gasteiger partial charge in [0.2, 0.25) is 10.0 Å². The Morgan fingerprint density at radius 3 is 2.61 bits per heavy atom. The first-order valence-corrected chi connectivity index (χ1v) is 12.3. The number of sulfonamides is 1. The molecule has 1 aromatic heterocycles. The number of anilines is 3. The van der Waals surface area contributed by atoms with E-state index in [2.05, 4.69) is 15.0 Å². The highest BCUT2D eigenvalue weighted by molar-refractivity contribution is 7.92. The molecule has 0 spiro atoms. The van der Waals surface area contributed by atoms with Gasteiger partial charge in [0, 0.05) is 56.5 Å². The summed E-state index contributed by atoms with van der Waals surface area (Å²) in [6.07, 6.45) is 1.44. The molecule has 3 heterocycles. The van der Waals surface area contributed by atoms with E-state index in [1.165, 1.54) is 6.20 Å². The fourth-order valence-corrected chi connectivity index (χ4v) is 5.12. The van der Waals surface area contributed by atoms with Crippen LogP contribution in [0.15, 0.2) is 18.3 Å². The minimum atomic E-state index is -3.64. The summed E-state index contributed by atoms with van der Waals surface area (Å²) in [5, 5.41) is 3.14. The molecule has 0 aliphatic carbocycles. The Balaban J connectivity index is 1.53. The van der Waals surface area contributed by atoms with Crippen molar-refractivity contribution in [3.63, 3.8) is 0 Å². The number of fused-ring (bicyclic) bond motifs is 1. The molecular formula is C21H26F3N5O3S. The first-order chi connectivity index (χ1) is 15.7. The fraction of sp³-hybridized carbons (Fsp3) is 0.476. The zero-order valence-corrected chi connectivity index (χ0v) is 19.0. The Kier molecular flexibility index (Phi) is 6.96. The number of nitrogens with zero attached hydrogens (tertiary/aromatic N) is 3. The highest BCUT2D eigenvalue weighted by atomic mass is 32.2. The minimum Gasteiger partial charge on any atom is -0.379 e.